The van der Waals surface area contributed by atoms with Gasteiger partial charge in [-0.3, -0.25) is 24.2 Å². The summed E-state index contributed by atoms with van der Waals surface area (Å²) in [4.78, 5) is 43.0. The van der Waals surface area contributed by atoms with Crippen LogP contribution in [0.15, 0.2) is 30.6 Å². The molecule has 0 unspecified atom stereocenters. The molecule has 20 heavy (non-hydrogen) atoms. The minimum absolute atomic E-state index is 0.562. The summed E-state index contributed by atoms with van der Waals surface area (Å²) in [5.74, 6) is -2.25. The van der Waals surface area contributed by atoms with Gasteiger partial charge in [-0.25, -0.2) is 0 Å². The maximum Gasteiger partial charge on any atom is 0.310 e. The molecule has 0 radical (unpaired) electrons. The summed E-state index contributed by atoms with van der Waals surface area (Å²) in [7, 11) is 0. The molecular weight excluding hydrogens is 266 g/mol. The van der Waals surface area contributed by atoms with E-state index in [4.69, 9.17) is 0 Å². The third kappa shape index (κ3) is 24.6. The quantitative estimate of drug-likeness (QED) is 0.522. The van der Waals surface area contributed by atoms with Gasteiger partial charge in [-0.1, -0.05) is 6.07 Å². The largest absolute Gasteiger partial charge is 0.394 e. The van der Waals surface area contributed by atoms with E-state index in [9.17, 15) is 19.2 Å². The van der Waals surface area contributed by atoms with E-state index in [0.29, 0.717) is 0 Å². The van der Waals surface area contributed by atoms with E-state index in [2.05, 4.69) is 14.5 Å². The maximum absolute atomic E-state index is 9.81. The fraction of sp³-hybridized carbons (Fsp3) is 0.308. The van der Waals surface area contributed by atoms with E-state index >= 15 is 0 Å². The molecule has 1 aromatic heterocycles. The Morgan fingerprint density at radius 1 is 0.650 bits per heavy atom. The zero-order valence-corrected chi connectivity index (χ0v) is 11.8. The van der Waals surface area contributed by atoms with E-state index in [1.54, 1.807) is 12.4 Å². The fourth-order valence-electron chi connectivity index (χ4n) is 0.717. The van der Waals surface area contributed by atoms with Gasteiger partial charge in [-0.05, 0) is 12.1 Å². The maximum atomic E-state index is 9.81. The number of carbonyl (C=O) groups excluding carboxylic acids is 4. The van der Waals surface area contributed by atoms with Crippen molar-refractivity contribution in [3.05, 3.63) is 30.6 Å². The zero-order chi connectivity index (χ0) is 16.0. The van der Waals surface area contributed by atoms with Crippen molar-refractivity contribution in [2.75, 3.05) is 0 Å². The van der Waals surface area contributed by atoms with E-state index in [1.165, 1.54) is 27.7 Å². The number of aromatic nitrogens is 1. The first kappa shape index (κ1) is 19.8. The molecule has 0 aromatic carbocycles. The van der Waals surface area contributed by atoms with Gasteiger partial charge in [0.05, 0.1) is 0 Å². The highest BCUT2D eigenvalue weighted by atomic mass is 16.6. The first-order valence-electron chi connectivity index (χ1n) is 5.48. The average molecular weight is 283 g/mol. The van der Waals surface area contributed by atoms with Crippen molar-refractivity contribution in [3.63, 3.8) is 0 Å². The van der Waals surface area contributed by atoms with Gasteiger partial charge in [0.2, 0.25) is 0 Å². The second kappa shape index (κ2) is 12.9. The monoisotopic (exact) mass is 283 g/mol. The molecule has 0 spiro atoms. The zero-order valence-electron chi connectivity index (χ0n) is 11.8. The molecule has 0 N–H and O–H groups in total. The first-order chi connectivity index (χ1) is 9.25. The van der Waals surface area contributed by atoms with Crippen LogP contribution in [0, 0.1) is 0 Å². The minimum Gasteiger partial charge on any atom is -0.394 e. The van der Waals surface area contributed by atoms with Crippen molar-refractivity contribution < 1.29 is 28.7 Å². The van der Waals surface area contributed by atoms with Gasteiger partial charge in [0.25, 0.3) is 0 Å². The van der Waals surface area contributed by atoms with Crippen LogP contribution >= 0.6 is 0 Å². The Morgan fingerprint density at radius 2 is 0.950 bits per heavy atom. The molecule has 0 amide bonds. The van der Waals surface area contributed by atoms with Crippen molar-refractivity contribution in [3.8, 4) is 0 Å². The van der Waals surface area contributed by atoms with E-state index in [1.807, 2.05) is 18.2 Å². The van der Waals surface area contributed by atoms with Gasteiger partial charge < -0.3 is 9.47 Å². The standard InChI is InChI=1S/C5H5N.2C4H6O3/c1-2-4-6-5-3-1;2*1-3(5)7-4(2)6/h1-5H;2*1-2H3. The number of pyridine rings is 1. The fourth-order valence-corrected chi connectivity index (χ4v) is 0.717. The number of hydrogen-bond donors (Lipinski definition) is 0. The van der Waals surface area contributed by atoms with Crippen LogP contribution in [0.5, 0.6) is 0 Å². The van der Waals surface area contributed by atoms with Crippen molar-refractivity contribution in [1.29, 1.82) is 0 Å². The predicted molar refractivity (Wildman–Crippen MR) is 69.1 cm³/mol. The van der Waals surface area contributed by atoms with Gasteiger partial charge in [-0.15, -0.1) is 0 Å². The van der Waals surface area contributed by atoms with Gasteiger partial charge in [0, 0.05) is 40.1 Å². The summed E-state index contributed by atoms with van der Waals surface area (Å²) in [6.07, 6.45) is 3.50. The van der Waals surface area contributed by atoms with Crippen LogP contribution in [0.2, 0.25) is 0 Å². The molecule has 0 saturated carbocycles. The van der Waals surface area contributed by atoms with E-state index in [0.717, 1.165) is 0 Å². The number of rotatable bonds is 0. The van der Waals surface area contributed by atoms with Crippen LogP contribution in [0.1, 0.15) is 27.7 Å². The van der Waals surface area contributed by atoms with Crippen LogP contribution in [-0.4, -0.2) is 28.9 Å². The second-order valence-corrected chi connectivity index (χ2v) is 3.20. The smallest absolute Gasteiger partial charge is 0.310 e. The van der Waals surface area contributed by atoms with Crippen molar-refractivity contribution >= 4 is 23.9 Å². The molecule has 1 aromatic rings. The summed E-state index contributed by atoms with van der Waals surface area (Å²) in [5, 5.41) is 0. The van der Waals surface area contributed by atoms with Crippen molar-refractivity contribution in [2.45, 2.75) is 27.7 Å². The third-order valence-electron chi connectivity index (χ3n) is 1.14. The third-order valence-corrected chi connectivity index (χ3v) is 1.14. The first-order valence-corrected chi connectivity index (χ1v) is 5.48. The SMILES string of the molecule is CC(=O)OC(C)=O.CC(=O)OC(C)=O.c1ccncc1. The summed E-state index contributed by atoms with van der Waals surface area (Å²) in [6.45, 7) is 4.73. The molecule has 0 bridgehead atoms. The lowest BCUT2D eigenvalue weighted by Gasteiger charge is -1.87. The van der Waals surface area contributed by atoms with Crippen LogP contribution < -0.4 is 0 Å². The molecule has 110 valence electrons. The number of hydrogen-bond acceptors (Lipinski definition) is 7. The highest BCUT2D eigenvalue weighted by Crippen LogP contribution is 1.74. The lowest BCUT2D eigenvalue weighted by atomic mass is 10.5. The molecule has 1 heterocycles. The molecular formula is C13H17NO6. The Labute approximate surface area is 116 Å². The van der Waals surface area contributed by atoms with Crippen LogP contribution in [-0.2, 0) is 28.7 Å². The molecule has 0 aliphatic heterocycles. The van der Waals surface area contributed by atoms with Gasteiger partial charge >= 0.3 is 23.9 Å². The highest BCUT2D eigenvalue weighted by molar-refractivity contribution is 5.82. The Bertz CT molecular complexity index is 353. The summed E-state index contributed by atoms with van der Waals surface area (Å²) in [6, 6.07) is 5.72. The van der Waals surface area contributed by atoms with Crippen molar-refractivity contribution in [1.82, 2.24) is 4.98 Å². The normalized spacial score (nSPS) is 7.80. The second-order valence-electron chi connectivity index (χ2n) is 3.20. The Kier molecular flexibility index (Phi) is 12.7. The number of ether oxygens (including phenoxy) is 2. The number of esters is 4. The molecule has 0 aliphatic carbocycles. The molecule has 0 aliphatic rings. The molecule has 0 saturated heterocycles. The molecule has 7 heteroatoms. The van der Waals surface area contributed by atoms with Crippen LogP contribution in [0.3, 0.4) is 0 Å². The average Bonchev–Trinajstić information content (AvgIpc) is 2.29. The lowest BCUT2D eigenvalue weighted by molar-refractivity contribution is -0.158. The number of carbonyl (C=O) groups is 4. The van der Waals surface area contributed by atoms with Gasteiger partial charge in [0.1, 0.15) is 0 Å². The molecule has 1 rings (SSSR count). The van der Waals surface area contributed by atoms with E-state index in [-0.39, 0.29) is 0 Å². The van der Waals surface area contributed by atoms with Crippen LogP contribution in [0.25, 0.3) is 0 Å². The Morgan fingerprint density at radius 3 is 1.00 bits per heavy atom. The molecule has 7 nitrogen and oxygen atoms in total. The predicted octanol–water partition coefficient (Wildman–Crippen LogP) is 1.27. The van der Waals surface area contributed by atoms with Crippen LogP contribution in [0.4, 0.5) is 0 Å². The molecule has 0 fully saturated rings. The van der Waals surface area contributed by atoms with Gasteiger partial charge in [0.15, 0.2) is 0 Å². The number of nitrogens with zero attached hydrogens (tertiary/aromatic N) is 1. The summed E-state index contributed by atoms with van der Waals surface area (Å²) < 4.78 is 7.94. The minimum atomic E-state index is -0.562. The molecule has 0 atom stereocenters. The summed E-state index contributed by atoms with van der Waals surface area (Å²) in [5.41, 5.74) is 0. The Balaban J connectivity index is 0. The topological polar surface area (TPSA) is 99.6 Å². The van der Waals surface area contributed by atoms with E-state index < -0.39 is 23.9 Å². The lowest BCUT2D eigenvalue weighted by Crippen LogP contribution is -2.03. The Hall–Kier alpha value is -2.57. The van der Waals surface area contributed by atoms with Gasteiger partial charge in [-0.2, -0.15) is 0 Å². The highest BCUT2D eigenvalue weighted by Gasteiger charge is 1.94. The summed E-state index contributed by atoms with van der Waals surface area (Å²) >= 11 is 0. The van der Waals surface area contributed by atoms with Crippen molar-refractivity contribution in [2.24, 2.45) is 0 Å².